The number of aryl methyl sites for hydroxylation is 1. The average Bonchev–Trinajstić information content (AvgIpc) is 2.81. The molecule has 0 saturated heterocycles. The van der Waals surface area contributed by atoms with E-state index in [2.05, 4.69) is 25.0 Å². The van der Waals surface area contributed by atoms with Crippen molar-refractivity contribution in [1.29, 1.82) is 0 Å². The first-order valence-electron chi connectivity index (χ1n) is 5.25. The van der Waals surface area contributed by atoms with Crippen LogP contribution in [0.4, 0.5) is 5.82 Å². The zero-order valence-electron chi connectivity index (χ0n) is 10.0. The van der Waals surface area contributed by atoms with Gasteiger partial charge >= 0.3 is 5.97 Å². The summed E-state index contributed by atoms with van der Waals surface area (Å²) in [7, 11) is 1.30. The maximum atomic E-state index is 11.3. The first kappa shape index (κ1) is 12.4. The van der Waals surface area contributed by atoms with E-state index in [1.54, 1.807) is 17.4 Å². The first-order chi connectivity index (χ1) is 8.69. The summed E-state index contributed by atoms with van der Waals surface area (Å²) in [5.74, 6) is 0.0554. The van der Waals surface area contributed by atoms with Crippen molar-refractivity contribution in [2.45, 2.75) is 13.5 Å². The number of ether oxygens (including phenoxy) is 1. The van der Waals surface area contributed by atoms with E-state index in [9.17, 15) is 4.79 Å². The number of nitrogens with zero attached hydrogens (tertiary/aromatic N) is 3. The van der Waals surface area contributed by atoms with Crippen molar-refractivity contribution in [2.24, 2.45) is 0 Å². The Morgan fingerprint density at radius 3 is 3.00 bits per heavy atom. The van der Waals surface area contributed by atoms with E-state index in [1.807, 2.05) is 12.3 Å². The van der Waals surface area contributed by atoms with Gasteiger partial charge in [-0.05, 0) is 13.0 Å². The Balaban J connectivity index is 2.03. The molecular formula is C11H12N4O2S. The van der Waals surface area contributed by atoms with Crippen LogP contribution >= 0.6 is 11.3 Å². The van der Waals surface area contributed by atoms with Crippen LogP contribution in [0.3, 0.4) is 0 Å². The number of nitrogens with one attached hydrogen (secondary N) is 1. The number of methoxy groups -OCH3 is 1. The fraction of sp³-hybridized carbons (Fsp3) is 0.273. The Hall–Kier alpha value is -2.02. The van der Waals surface area contributed by atoms with E-state index in [0.717, 1.165) is 10.7 Å². The smallest absolute Gasteiger partial charge is 0.376 e. The van der Waals surface area contributed by atoms with Gasteiger partial charge in [0.2, 0.25) is 5.82 Å². The molecule has 2 aromatic rings. The number of carbonyl (C=O) groups excluding carboxylic acids is 1. The third kappa shape index (κ3) is 3.01. The lowest BCUT2D eigenvalue weighted by Gasteiger charge is -2.04. The zero-order valence-corrected chi connectivity index (χ0v) is 10.8. The van der Waals surface area contributed by atoms with Crippen LogP contribution in [0, 0.1) is 6.92 Å². The number of esters is 1. The molecule has 18 heavy (non-hydrogen) atoms. The van der Waals surface area contributed by atoms with Crippen LogP contribution in [0.25, 0.3) is 0 Å². The Morgan fingerprint density at radius 1 is 1.50 bits per heavy atom. The average molecular weight is 264 g/mol. The fourth-order valence-electron chi connectivity index (χ4n) is 1.30. The molecule has 0 spiro atoms. The van der Waals surface area contributed by atoms with E-state index >= 15 is 0 Å². The van der Waals surface area contributed by atoms with Crippen molar-refractivity contribution < 1.29 is 9.53 Å². The van der Waals surface area contributed by atoms with Gasteiger partial charge in [0.05, 0.1) is 13.7 Å². The van der Waals surface area contributed by atoms with Gasteiger partial charge in [0.25, 0.3) is 0 Å². The highest BCUT2D eigenvalue weighted by Crippen LogP contribution is 2.11. The van der Waals surface area contributed by atoms with Crippen LogP contribution in [-0.2, 0) is 11.3 Å². The number of carbonyl (C=O) groups is 1. The SMILES string of the molecule is COC(=O)c1nccc(NCc2nc(C)cs2)n1. The van der Waals surface area contributed by atoms with Crippen molar-refractivity contribution in [3.8, 4) is 0 Å². The summed E-state index contributed by atoms with van der Waals surface area (Å²) in [6.07, 6.45) is 1.51. The Morgan fingerprint density at radius 2 is 2.33 bits per heavy atom. The predicted molar refractivity (Wildman–Crippen MR) is 67.5 cm³/mol. The van der Waals surface area contributed by atoms with Crippen LogP contribution < -0.4 is 5.32 Å². The molecule has 0 aliphatic heterocycles. The molecule has 0 saturated carbocycles. The van der Waals surface area contributed by atoms with Crippen molar-refractivity contribution in [1.82, 2.24) is 15.0 Å². The quantitative estimate of drug-likeness (QED) is 0.846. The Labute approximate surface area is 108 Å². The third-order valence-electron chi connectivity index (χ3n) is 2.11. The lowest BCUT2D eigenvalue weighted by Crippen LogP contribution is -2.09. The third-order valence-corrected chi connectivity index (χ3v) is 3.08. The second-order valence-electron chi connectivity index (χ2n) is 3.49. The van der Waals surface area contributed by atoms with Crippen LogP contribution in [0.1, 0.15) is 21.3 Å². The minimum atomic E-state index is -0.552. The summed E-state index contributed by atoms with van der Waals surface area (Å²) < 4.78 is 4.56. The Kier molecular flexibility index (Phi) is 3.83. The molecule has 94 valence electrons. The molecule has 0 amide bonds. The molecule has 0 fully saturated rings. The van der Waals surface area contributed by atoms with Gasteiger partial charge in [0.15, 0.2) is 0 Å². The Bertz CT molecular complexity index is 555. The molecule has 0 aliphatic rings. The molecule has 0 aromatic carbocycles. The largest absolute Gasteiger partial charge is 0.463 e. The van der Waals surface area contributed by atoms with E-state index < -0.39 is 5.97 Å². The topological polar surface area (TPSA) is 77.0 Å². The van der Waals surface area contributed by atoms with Crippen molar-refractivity contribution in [3.05, 3.63) is 34.2 Å². The van der Waals surface area contributed by atoms with Gasteiger partial charge in [-0.2, -0.15) is 0 Å². The highest BCUT2D eigenvalue weighted by atomic mass is 32.1. The maximum Gasteiger partial charge on any atom is 0.376 e. The van der Waals surface area contributed by atoms with Gasteiger partial charge in [-0.25, -0.2) is 19.7 Å². The van der Waals surface area contributed by atoms with E-state index in [-0.39, 0.29) is 5.82 Å². The number of rotatable bonds is 4. The van der Waals surface area contributed by atoms with Crippen LogP contribution in [0.2, 0.25) is 0 Å². The molecule has 0 atom stereocenters. The van der Waals surface area contributed by atoms with Crippen LogP contribution in [-0.4, -0.2) is 28.0 Å². The lowest BCUT2D eigenvalue weighted by atomic mass is 10.5. The zero-order chi connectivity index (χ0) is 13.0. The molecular weight excluding hydrogens is 252 g/mol. The summed E-state index contributed by atoms with van der Waals surface area (Å²) in [6, 6.07) is 1.69. The molecule has 2 heterocycles. The van der Waals surface area contributed by atoms with Crippen molar-refractivity contribution >= 4 is 23.1 Å². The van der Waals surface area contributed by atoms with Gasteiger partial charge in [0.1, 0.15) is 10.8 Å². The number of aromatic nitrogens is 3. The molecule has 0 unspecified atom stereocenters. The number of thiazole rings is 1. The summed E-state index contributed by atoms with van der Waals surface area (Å²) >= 11 is 1.58. The normalized spacial score (nSPS) is 10.1. The van der Waals surface area contributed by atoms with Gasteiger partial charge in [-0.1, -0.05) is 0 Å². The van der Waals surface area contributed by atoms with Crippen LogP contribution in [0.5, 0.6) is 0 Å². The summed E-state index contributed by atoms with van der Waals surface area (Å²) in [4.78, 5) is 23.5. The molecule has 0 radical (unpaired) electrons. The summed E-state index contributed by atoms with van der Waals surface area (Å²) in [6.45, 7) is 2.51. The molecule has 6 nitrogen and oxygen atoms in total. The van der Waals surface area contributed by atoms with Gasteiger partial charge in [0, 0.05) is 17.3 Å². The van der Waals surface area contributed by atoms with Crippen LogP contribution in [0.15, 0.2) is 17.6 Å². The predicted octanol–water partition coefficient (Wildman–Crippen LogP) is 1.64. The highest BCUT2D eigenvalue weighted by Gasteiger charge is 2.09. The molecule has 7 heteroatoms. The number of anilines is 1. The van der Waals surface area contributed by atoms with Crippen molar-refractivity contribution in [3.63, 3.8) is 0 Å². The molecule has 2 rings (SSSR count). The molecule has 1 N–H and O–H groups in total. The van der Waals surface area contributed by atoms with E-state index in [1.165, 1.54) is 13.3 Å². The van der Waals surface area contributed by atoms with Gasteiger partial charge in [-0.15, -0.1) is 11.3 Å². The van der Waals surface area contributed by atoms with Gasteiger partial charge in [-0.3, -0.25) is 0 Å². The first-order valence-corrected chi connectivity index (χ1v) is 6.13. The second kappa shape index (κ2) is 5.54. The van der Waals surface area contributed by atoms with E-state index in [4.69, 9.17) is 0 Å². The number of hydrogen-bond acceptors (Lipinski definition) is 7. The van der Waals surface area contributed by atoms with E-state index in [0.29, 0.717) is 12.4 Å². The summed E-state index contributed by atoms with van der Waals surface area (Å²) in [5.41, 5.74) is 0.995. The monoisotopic (exact) mass is 264 g/mol. The maximum absolute atomic E-state index is 11.3. The number of hydrogen-bond donors (Lipinski definition) is 1. The lowest BCUT2D eigenvalue weighted by molar-refractivity contribution is 0.0587. The molecule has 2 aromatic heterocycles. The van der Waals surface area contributed by atoms with Crippen molar-refractivity contribution in [2.75, 3.05) is 12.4 Å². The minimum Gasteiger partial charge on any atom is -0.463 e. The molecule has 0 aliphatic carbocycles. The summed E-state index contributed by atoms with van der Waals surface area (Å²) in [5, 5.41) is 6.03. The second-order valence-corrected chi connectivity index (χ2v) is 4.44. The highest BCUT2D eigenvalue weighted by molar-refractivity contribution is 7.09. The standard InChI is InChI=1S/C11H12N4O2S/c1-7-6-18-9(14-7)5-13-8-3-4-12-10(15-8)11(16)17-2/h3-4,6H,5H2,1-2H3,(H,12,13,15). The minimum absolute atomic E-state index is 0.0396. The fourth-order valence-corrected chi connectivity index (χ4v) is 2.01. The van der Waals surface area contributed by atoms with Gasteiger partial charge < -0.3 is 10.1 Å². The molecule has 0 bridgehead atoms.